The molecule has 31 heavy (non-hydrogen) atoms. The molecule has 4 rings (SSSR count). The van der Waals surface area contributed by atoms with Gasteiger partial charge >= 0.3 is 0 Å². The number of nitrogens with one attached hydrogen (secondary N) is 1. The van der Waals surface area contributed by atoms with Crippen LogP contribution in [-0.4, -0.2) is 22.1 Å². The Hall–Kier alpha value is -2.80. The third-order valence-corrected chi connectivity index (χ3v) is 5.44. The summed E-state index contributed by atoms with van der Waals surface area (Å²) in [5.41, 5.74) is 1.97. The fourth-order valence-electron chi connectivity index (χ4n) is 3.33. The van der Waals surface area contributed by atoms with Gasteiger partial charge in [-0.05, 0) is 48.9 Å². The summed E-state index contributed by atoms with van der Waals surface area (Å²) in [7, 11) is 0. The molecule has 0 unspecified atom stereocenters. The molecule has 0 fully saturated rings. The van der Waals surface area contributed by atoms with Crippen molar-refractivity contribution in [1.29, 1.82) is 0 Å². The van der Waals surface area contributed by atoms with E-state index in [2.05, 4.69) is 16.9 Å². The van der Waals surface area contributed by atoms with Gasteiger partial charge in [-0.25, -0.2) is 4.98 Å². The molecular formula is C23H20Cl2N2O4. The normalized spacial score (nSPS) is 17.5. The summed E-state index contributed by atoms with van der Waals surface area (Å²) in [6, 6.07) is 12.2. The molecule has 0 radical (unpaired) electrons. The highest BCUT2D eigenvalue weighted by molar-refractivity contribution is 6.31. The minimum absolute atomic E-state index is 0.136. The Labute approximate surface area is 189 Å². The summed E-state index contributed by atoms with van der Waals surface area (Å²) in [6.07, 6.45) is 1.07. The highest BCUT2D eigenvalue weighted by atomic mass is 35.5. The minimum atomic E-state index is -0.829. The first-order valence-electron chi connectivity index (χ1n) is 9.72. The number of nitrogens with zero attached hydrogens (tertiary/aromatic N) is 1. The number of carbonyl (C=O) groups excluding carboxylic acids is 1. The van der Waals surface area contributed by atoms with E-state index in [1.807, 2.05) is 12.1 Å². The van der Waals surface area contributed by atoms with Gasteiger partial charge < -0.3 is 19.6 Å². The second-order valence-corrected chi connectivity index (χ2v) is 8.13. The van der Waals surface area contributed by atoms with Crippen LogP contribution in [-0.2, 0) is 11.2 Å². The number of aliphatic hydroxyl groups is 1. The van der Waals surface area contributed by atoms with Gasteiger partial charge in [0.2, 0.25) is 0 Å². The molecule has 1 aromatic heterocycles. The number of amides is 1. The van der Waals surface area contributed by atoms with Gasteiger partial charge in [-0.15, -0.1) is 0 Å². The average Bonchev–Trinajstić information content (AvgIpc) is 3.22. The van der Waals surface area contributed by atoms with E-state index >= 15 is 0 Å². The fraction of sp³-hybridized carbons (Fsp3) is 0.217. The van der Waals surface area contributed by atoms with Crippen molar-refractivity contribution in [3.63, 3.8) is 0 Å². The third kappa shape index (κ3) is 5.10. The number of hydrogen-bond acceptors (Lipinski definition) is 5. The van der Waals surface area contributed by atoms with Crippen molar-refractivity contribution in [2.45, 2.75) is 31.5 Å². The number of aromatic nitrogens is 1. The number of halogens is 2. The summed E-state index contributed by atoms with van der Waals surface area (Å²) in [5.74, 6) is 1.27. The molecule has 0 aliphatic carbocycles. The van der Waals surface area contributed by atoms with E-state index in [1.165, 1.54) is 0 Å². The number of aryl methyl sites for hydroxylation is 1. The number of carbonyl (C=O) groups is 1. The van der Waals surface area contributed by atoms with Gasteiger partial charge in [0.15, 0.2) is 17.8 Å². The van der Waals surface area contributed by atoms with Crippen LogP contribution in [0, 0.1) is 0 Å². The molecule has 1 aliphatic rings. The predicted octanol–water partition coefficient (Wildman–Crippen LogP) is 5.10. The van der Waals surface area contributed by atoms with Crippen LogP contribution in [0.5, 0.6) is 5.75 Å². The van der Waals surface area contributed by atoms with Gasteiger partial charge in [0, 0.05) is 39.7 Å². The Morgan fingerprint density at radius 2 is 1.94 bits per heavy atom. The highest BCUT2D eigenvalue weighted by Crippen LogP contribution is 2.36. The Kier molecular flexibility index (Phi) is 6.32. The van der Waals surface area contributed by atoms with Gasteiger partial charge in [0.1, 0.15) is 5.75 Å². The van der Waals surface area contributed by atoms with Crippen LogP contribution in [0.1, 0.15) is 30.4 Å². The number of ether oxygens (including phenoxy) is 1. The molecule has 1 aliphatic heterocycles. The first-order valence-corrected chi connectivity index (χ1v) is 10.5. The number of allylic oxidation sites excluding steroid dienone is 1. The zero-order valence-electron chi connectivity index (χ0n) is 16.5. The number of rotatable bonds is 6. The Morgan fingerprint density at radius 1 is 1.19 bits per heavy atom. The van der Waals surface area contributed by atoms with Crippen molar-refractivity contribution in [3.05, 3.63) is 82.4 Å². The molecule has 0 bridgehead atoms. The molecule has 2 heterocycles. The summed E-state index contributed by atoms with van der Waals surface area (Å²) < 4.78 is 11.5. The van der Waals surface area contributed by atoms with Gasteiger partial charge in [0.25, 0.3) is 5.91 Å². The predicted molar refractivity (Wildman–Crippen MR) is 118 cm³/mol. The molecule has 160 valence electrons. The molecule has 0 spiro atoms. The molecule has 2 N–H and O–H groups in total. The average molecular weight is 459 g/mol. The zero-order chi connectivity index (χ0) is 22.0. The Balaban J connectivity index is 1.31. The number of oxazole rings is 1. The summed E-state index contributed by atoms with van der Waals surface area (Å²) in [6.45, 7) is 3.90. The highest BCUT2D eigenvalue weighted by Gasteiger charge is 2.32. The van der Waals surface area contributed by atoms with E-state index < -0.39 is 12.2 Å². The molecule has 0 saturated heterocycles. The largest absolute Gasteiger partial charge is 0.480 e. The van der Waals surface area contributed by atoms with E-state index in [-0.39, 0.29) is 12.3 Å². The lowest BCUT2D eigenvalue weighted by molar-refractivity contribution is -0.129. The van der Waals surface area contributed by atoms with E-state index in [0.717, 1.165) is 5.56 Å². The lowest BCUT2D eigenvalue weighted by Gasteiger charge is -2.29. The second-order valence-electron chi connectivity index (χ2n) is 7.26. The number of hydrogen-bond donors (Lipinski definition) is 2. The molecule has 2 aromatic carbocycles. The van der Waals surface area contributed by atoms with E-state index in [1.54, 1.807) is 36.5 Å². The molecule has 6 nitrogen and oxygen atoms in total. The minimum Gasteiger partial charge on any atom is -0.480 e. The maximum Gasteiger partial charge on any atom is 0.265 e. The van der Waals surface area contributed by atoms with Crippen LogP contribution in [0.4, 0.5) is 0 Å². The Morgan fingerprint density at radius 3 is 2.71 bits per heavy atom. The van der Waals surface area contributed by atoms with Crippen molar-refractivity contribution in [1.82, 2.24) is 10.3 Å². The second kappa shape index (κ2) is 9.14. The summed E-state index contributed by atoms with van der Waals surface area (Å²) >= 11 is 11.9. The van der Waals surface area contributed by atoms with Crippen LogP contribution >= 0.6 is 23.2 Å². The molecular weight excluding hydrogens is 439 g/mol. The molecule has 3 aromatic rings. The zero-order valence-corrected chi connectivity index (χ0v) is 18.0. The van der Waals surface area contributed by atoms with Crippen LogP contribution in [0.3, 0.4) is 0 Å². The first-order chi connectivity index (χ1) is 14.9. The maximum absolute atomic E-state index is 12.6. The Bertz CT molecular complexity index is 1110. The third-order valence-electron chi connectivity index (χ3n) is 4.95. The number of fused-ring (bicyclic) bond motifs is 1. The van der Waals surface area contributed by atoms with Crippen molar-refractivity contribution in [3.8, 4) is 17.1 Å². The van der Waals surface area contributed by atoms with Crippen LogP contribution in [0.2, 0.25) is 10.0 Å². The van der Waals surface area contributed by atoms with E-state index in [0.29, 0.717) is 51.5 Å². The van der Waals surface area contributed by atoms with Crippen molar-refractivity contribution in [2.75, 3.05) is 0 Å². The van der Waals surface area contributed by atoms with Gasteiger partial charge in [-0.2, -0.15) is 0 Å². The lowest BCUT2D eigenvalue weighted by atomic mass is 9.98. The molecule has 0 saturated carbocycles. The standard InChI is InChI=1S/C23H20Cl2N2O4/c1-13(2-9-22-26-12-21(31-22)14-3-5-15(24)6-4-14)27-23(29)20-11-18(28)17-10-16(25)7-8-19(17)30-20/h3-8,10,12,18,20,28H,1-2,9,11H2,(H,27,29)/t18-,20+/m1/s1. The number of benzene rings is 2. The van der Waals surface area contributed by atoms with Crippen LogP contribution in [0.25, 0.3) is 11.3 Å². The van der Waals surface area contributed by atoms with E-state index in [4.69, 9.17) is 32.4 Å². The van der Waals surface area contributed by atoms with Gasteiger partial charge in [-0.1, -0.05) is 29.8 Å². The van der Waals surface area contributed by atoms with Gasteiger partial charge in [-0.3, -0.25) is 4.79 Å². The first kappa shape index (κ1) is 21.4. The van der Waals surface area contributed by atoms with Crippen molar-refractivity contribution < 1.29 is 19.1 Å². The summed E-state index contributed by atoms with van der Waals surface area (Å²) in [5, 5.41) is 14.2. The lowest BCUT2D eigenvalue weighted by Crippen LogP contribution is -2.41. The SMILES string of the molecule is C=C(CCc1ncc(-c2ccc(Cl)cc2)o1)NC(=O)[C@@H]1C[C@@H](O)c2cc(Cl)ccc2O1. The molecule has 8 heteroatoms. The monoisotopic (exact) mass is 458 g/mol. The van der Waals surface area contributed by atoms with Crippen molar-refractivity contribution in [2.24, 2.45) is 0 Å². The van der Waals surface area contributed by atoms with Gasteiger partial charge in [0.05, 0.1) is 12.3 Å². The van der Waals surface area contributed by atoms with Crippen LogP contribution in [0.15, 0.2) is 65.4 Å². The van der Waals surface area contributed by atoms with Crippen molar-refractivity contribution >= 4 is 29.1 Å². The summed E-state index contributed by atoms with van der Waals surface area (Å²) in [4.78, 5) is 16.9. The van der Waals surface area contributed by atoms with E-state index in [9.17, 15) is 9.90 Å². The quantitative estimate of drug-likeness (QED) is 0.536. The topological polar surface area (TPSA) is 84.6 Å². The van der Waals surface area contributed by atoms with Crippen LogP contribution < -0.4 is 10.1 Å². The molecule has 2 atom stereocenters. The smallest absolute Gasteiger partial charge is 0.265 e. The maximum atomic E-state index is 12.6. The fourth-order valence-corrected chi connectivity index (χ4v) is 3.63. The number of aliphatic hydroxyl groups excluding tert-OH is 1. The molecule has 1 amide bonds.